The molecule has 0 fully saturated rings. The third-order valence-electron chi connectivity index (χ3n) is 2.96. The monoisotopic (exact) mass is 284 g/mol. The van der Waals surface area contributed by atoms with Crippen molar-refractivity contribution in [1.82, 2.24) is 5.32 Å². The van der Waals surface area contributed by atoms with Crippen LogP contribution in [0.1, 0.15) is 18.1 Å². The summed E-state index contributed by atoms with van der Waals surface area (Å²) in [5.41, 5.74) is 2.62. The normalized spacial score (nSPS) is 10.6. The third-order valence-corrected chi connectivity index (χ3v) is 2.96. The lowest BCUT2D eigenvalue weighted by Gasteiger charge is -2.05. The molecule has 0 unspecified atom stereocenters. The van der Waals surface area contributed by atoms with E-state index < -0.39 is 0 Å². The highest BCUT2D eigenvalue weighted by atomic mass is 19.1. The van der Waals surface area contributed by atoms with Gasteiger partial charge in [-0.2, -0.15) is 0 Å². The van der Waals surface area contributed by atoms with Gasteiger partial charge in [0.2, 0.25) is 0 Å². The van der Waals surface area contributed by atoms with Crippen LogP contribution in [0.4, 0.5) is 14.9 Å². The Morgan fingerprint density at radius 3 is 2.62 bits per heavy atom. The van der Waals surface area contributed by atoms with Crippen LogP contribution in [0.15, 0.2) is 54.7 Å². The van der Waals surface area contributed by atoms with Crippen molar-refractivity contribution < 1.29 is 9.18 Å². The average Bonchev–Trinajstić information content (AvgIpc) is 2.48. The Labute approximate surface area is 123 Å². The summed E-state index contributed by atoms with van der Waals surface area (Å²) >= 11 is 0. The van der Waals surface area contributed by atoms with Gasteiger partial charge < -0.3 is 10.6 Å². The van der Waals surface area contributed by atoms with Crippen molar-refractivity contribution in [3.63, 3.8) is 0 Å². The minimum Gasteiger partial charge on any atom is -0.314 e. The summed E-state index contributed by atoms with van der Waals surface area (Å²) in [4.78, 5) is 11.7. The molecule has 0 atom stereocenters. The Bertz CT molecular complexity index is 635. The Kier molecular flexibility index (Phi) is 5.10. The molecule has 0 aliphatic rings. The molecule has 0 aliphatic heterocycles. The summed E-state index contributed by atoms with van der Waals surface area (Å²) in [6.07, 6.45) is 4.07. The van der Waals surface area contributed by atoms with Crippen molar-refractivity contribution in [2.24, 2.45) is 0 Å². The predicted octanol–water partition coefficient (Wildman–Crippen LogP) is 4.18. The SMILES string of the molecule is CCc1ccc(NC(=O)N/C=C/c2cccc(F)c2)cc1. The topological polar surface area (TPSA) is 41.1 Å². The number of amides is 2. The number of carbonyl (C=O) groups is 1. The molecule has 21 heavy (non-hydrogen) atoms. The van der Waals surface area contributed by atoms with E-state index in [2.05, 4.69) is 17.6 Å². The molecule has 2 amide bonds. The predicted molar refractivity (Wildman–Crippen MR) is 83.4 cm³/mol. The summed E-state index contributed by atoms with van der Waals surface area (Å²) in [5, 5.41) is 5.29. The van der Waals surface area contributed by atoms with E-state index in [-0.39, 0.29) is 11.8 Å². The van der Waals surface area contributed by atoms with E-state index >= 15 is 0 Å². The first kappa shape index (κ1) is 14.8. The molecule has 3 nitrogen and oxygen atoms in total. The summed E-state index contributed by atoms with van der Waals surface area (Å²) in [6, 6.07) is 13.4. The maximum absolute atomic E-state index is 13.0. The quantitative estimate of drug-likeness (QED) is 0.868. The Balaban J connectivity index is 1.86. The van der Waals surface area contributed by atoms with Gasteiger partial charge in [0.05, 0.1) is 0 Å². The molecule has 0 aliphatic carbocycles. The number of halogens is 1. The number of hydrogen-bond donors (Lipinski definition) is 2. The average molecular weight is 284 g/mol. The van der Waals surface area contributed by atoms with Crippen LogP contribution in [0.2, 0.25) is 0 Å². The van der Waals surface area contributed by atoms with Crippen molar-refractivity contribution >= 4 is 17.8 Å². The van der Waals surface area contributed by atoms with Crippen molar-refractivity contribution in [3.8, 4) is 0 Å². The zero-order valence-electron chi connectivity index (χ0n) is 11.8. The smallest absolute Gasteiger partial charge is 0.314 e. The first-order chi connectivity index (χ1) is 10.2. The fourth-order valence-corrected chi connectivity index (χ4v) is 1.81. The van der Waals surface area contributed by atoms with Crippen LogP contribution in [0, 0.1) is 5.82 Å². The molecule has 2 aromatic carbocycles. The van der Waals surface area contributed by atoms with Crippen molar-refractivity contribution in [2.45, 2.75) is 13.3 Å². The number of aryl methyl sites for hydroxylation is 1. The summed E-state index contributed by atoms with van der Waals surface area (Å²) in [5.74, 6) is -0.308. The molecule has 0 radical (unpaired) electrons. The van der Waals surface area contributed by atoms with Crippen LogP contribution in [0.5, 0.6) is 0 Å². The van der Waals surface area contributed by atoms with Crippen molar-refractivity contribution in [1.29, 1.82) is 0 Å². The second kappa shape index (κ2) is 7.24. The van der Waals surface area contributed by atoms with E-state index in [4.69, 9.17) is 0 Å². The van der Waals surface area contributed by atoms with E-state index in [1.807, 2.05) is 24.3 Å². The molecule has 4 heteroatoms. The minimum atomic E-state index is -0.341. The molecule has 0 heterocycles. The molecule has 2 N–H and O–H groups in total. The van der Waals surface area contributed by atoms with Gasteiger partial charge >= 0.3 is 6.03 Å². The summed E-state index contributed by atoms with van der Waals surface area (Å²) < 4.78 is 13.0. The van der Waals surface area contributed by atoms with Gasteiger partial charge in [-0.05, 0) is 47.9 Å². The van der Waals surface area contributed by atoms with Gasteiger partial charge in [0.25, 0.3) is 0 Å². The zero-order valence-corrected chi connectivity index (χ0v) is 11.8. The second-order valence-electron chi connectivity index (χ2n) is 4.54. The highest BCUT2D eigenvalue weighted by Crippen LogP contribution is 2.09. The summed E-state index contributed by atoms with van der Waals surface area (Å²) in [6.45, 7) is 2.08. The molecular weight excluding hydrogens is 267 g/mol. The Hall–Kier alpha value is -2.62. The number of carbonyl (C=O) groups excluding carboxylic acids is 1. The van der Waals surface area contributed by atoms with E-state index in [9.17, 15) is 9.18 Å². The fourth-order valence-electron chi connectivity index (χ4n) is 1.81. The molecule has 0 saturated heterocycles. The highest BCUT2D eigenvalue weighted by Gasteiger charge is 1.99. The van der Waals surface area contributed by atoms with Crippen LogP contribution in [0.25, 0.3) is 6.08 Å². The standard InChI is InChI=1S/C17H17FN2O/c1-2-13-6-8-16(9-7-13)20-17(21)19-11-10-14-4-3-5-15(18)12-14/h3-12H,2H2,1H3,(H2,19,20,21)/b11-10+. The first-order valence-electron chi connectivity index (χ1n) is 6.76. The van der Waals surface area contributed by atoms with Gasteiger partial charge in [0, 0.05) is 11.9 Å². The van der Waals surface area contributed by atoms with Crippen LogP contribution in [-0.2, 0) is 6.42 Å². The Morgan fingerprint density at radius 1 is 1.19 bits per heavy atom. The van der Waals surface area contributed by atoms with E-state index in [0.717, 1.165) is 12.1 Å². The van der Waals surface area contributed by atoms with Gasteiger partial charge in [-0.25, -0.2) is 9.18 Å². The number of benzene rings is 2. The zero-order chi connectivity index (χ0) is 15.1. The van der Waals surface area contributed by atoms with Gasteiger partial charge in [0.1, 0.15) is 5.82 Å². The largest absolute Gasteiger partial charge is 0.323 e. The molecule has 0 aromatic heterocycles. The second-order valence-corrected chi connectivity index (χ2v) is 4.54. The maximum atomic E-state index is 13.0. The number of rotatable bonds is 4. The van der Waals surface area contributed by atoms with E-state index in [1.165, 1.54) is 23.9 Å². The molecular formula is C17H17FN2O. The van der Waals surface area contributed by atoms with Crippen molar-refractivity contribution in [3.05, 3.63) is 71.7 Å². The number of hydrogen-bond acceptors (Lipinski definition) is 1. The van der Waals surface area contributed by atoms with Crippen molar-refractivity contribution in [2.75, 3.05) is 5.32 Å². The van der Waals surface area contributed by atoms with Gasteiger partial charge in [-0.1, -0.05) is 31.2 Å². The van der Waals surface area contributed by atoms with Gasteiger partial charge in [-0.3, -0.25) is 0 Å². The summed E-state index contributed by atoms with van der Waals surface area (Å²) in [7, 11) is 0. The lowest BCUT2D eigenvalue weighted by atomic mass is 10.1. The number of urea groups is 1. The maximum Gasteiger partial charge on any atom is 0.323 e. The van der Waals surface area contributed by atoms with Crippen LogP contribution < -0.4 is 10.6 Å². The lowest BCUT2D eigenvalue weighted by molar-refractivity contribution is 0.255. The van der Waals surface area contributed by atoms with E-state index in [1.54, 1.807) is 18.2 Å². The molecule has 0 bridgehead atoms. The highest BCUT2D eigenvalue weighted by molar-refractivity contribution is 5.90. The van der Waals surface area contributed by atoms with Gasteiger partial charge in [0.15, 0.2) is 0 Å². The molecule has 108 valence electrons. The van der Waals surface area contributed by atoms with Gasteiger partial charge in [-0.15, -0.1) is 0 Å². The number of anilines is 1. The number of nitrogens with one attached hydrogen (secondary N) is 2. The fraction of sp³-hybridized carbons (Fsp3) is 0.118. The van der Waals surface area contributed by atoms with Crippen LogP contribution in [-0.4, -0.2) is 6.03 Å². The van der Waals surface area contributed by atoms with Crippen LogP contribution in [0.3, 0.4) is 0 Å². The molecule has 0 saturated carbocycles. The van der Waals surface area contributed by atoms with E-state index in [0.29, 0.717) is 5.56 Å². The third kappa shape index (κ3) is 4.76. The molecule has 0 spiro atoms. The Morgan fingerprint density at radius 2 is 1.95 bits per heavy atom. The minimum absolute atomic E-state index is 0.308. The lowest BCUT2D eigenvalue weighted by Crippen LogP contribution is -2.23. The first-order valence-corrected chi connectivity index (χ1v) is 6.76. The van der Waals surface area contributed by atoms with Crippen LogP contribution >= 0.6 is 0 Å². The molecule has 2 aromatic rings. The molecule has 2 rings (SSSR count).